The van der Waals surface area contributed by atoms with E-state index >= 15 is 0 Å². The maximum atomic E-state index is 12.1. The summed E-state index contributed by atoms with van der Waals surface area (Å²) in [6.07, 6.45) is 3.96. The quantitative estimate of drug-likeness (QED) is 0.651. The van der Waals surface area contributed by atoms with Crippen LogP contribution in [0.3, 0.4) is 0 Å². The summed E-state index contributed by atoms with van der Waals surface area (Å²) in [5.74, 6) is 0.0871. The summed E-state index contributed by atoms with van der Waals surface area (Å²) in [5.41, 5.74) is 1.79. The van der Waals surface area contributed by atoms with Crippen LogP contribution in [-0.2, 0) is 0 Å². The average Bonchev–Trinajstić information content (AvgIpc) is 3.11. The van der Waals surface area contributed by atoms with E-state index in [0.717, 1.165) is 16.1 Å². The largest absolute Gasteiger partial charge is 0.324 e. The highest BCUT2D eigenvalue weighted by Crippen LogP contribution is 2.17. The molecule has 0 fully saturated rings. The van der Waals surface area contributed by atoms with Crippen molar-refractivity contribution in [1.82, 2.24) is 4.57 Å². The number of rotatable bonds is 3. The maximum Gasteiger partial charge on any atom is 0.202 e. The van der Waals surface area contributed by atoms with Gasteiger partial charge < -0.3 is 4.57 Å². The Labute approximate surface area is 109 Å². The monoisotopic (exact) mass is 253 g/mol. The van der Waals surface area contributed by atoms with E-state index in [-0.39, 0.29) is 5.78 Å². The Kier molecular flexibility index (Phi) is 2.82. The van der Waals surface area contributed by atoms with Gasteiger partial charge in [0.15, 0.2) is 0 Å². The van der Waals surface area contributed by atoms with Crippen LogP contribution in [0.1, 0.15) is 15.2 Å². The lowest BCUT2D eigenvalue weighted by molar-refractivity contribution is 0.104. The number of ketones is 1. The fraction of sp³-hybridized carbons (Fsp3) is 0. The zero-order valence-electron chi connectivity index (χ0n) is 9.61. The summed E-state index contributed by atoms with van der Waals surface area (Å²) < 4.78 is 2.01. The molecule has 0 saturated heterocycles. The number of hydrogen-bond acceptors (Lipinski definition) is 2. The van der Waals surface area contributed by atoms with E-state index in [0.29, 0.717) is 0 Å². The molecule has 0 unspecified atom stereocenters. The Morgan fingerprint density at radius 3 is 2.28 bits per heavy atom. The van der Waals surface area contributed by atoms with Crippen molar-refractivity contribution < 1.29 is 4.79 Å². The number of carbonyl (C=O) groups excluding carboxylic acids is 1. The molecular weight excluding hydrogens is 242 g/mol. The second-order valence-electron chi connectivity index (χ2n) is 3.94. The van der Waals surface area contributed by atoms with Gasteiger partial charge in [-0.1, -0.05) is 6.07 Å². The third kappa shape index (κ3) is 2.00. The molecule has 2 nitrogen and oxygen atoms in total. The normalized spacial score (nSPS) is 10.4. The predicted octanol–water partition coefficient (Wildman–Crippen LogP) is 3.77. The molecule has 18 heavy (non-hydrogen) atoms. The van der Waals surface area contributed by atoms with Crippen molar-refractivity contribution in [3.8, 4) is 5.69 Å². The lowest BCUT2D eigenvalue weighted by Crippen LogP contribution is -1.99. The number of benzene rings is 1. The summed E-state index contributed by atoms with van der Waals surface area (Å²) in [4.78, 5) is 12.9. The minimum atomic E-state index is 0.0871. The van der Waals surface area contributed by atoms with E-state index in [9.17, 15) is 4.79 Å². The summed E-state index contributed by atoms with van der Waals surface area (Å²) in [6, 6.07) is 15.4. The van der Waals surface area contributed by atoms with E-state index in [4.69, 9.17) is 0 Å². The second kappa shape index (κ2) is 4.63. The molecule has 0 aliphatic heterocycles. The molecule has 88 valence electrons. The summed E-state index contributed by atoms with van der Waals surface area (Å²) in [5, 5.41) is 1.92. The second-order valence-corrected chi connectivity index (χ2v) is 4.89. The number of nitrogens with zero attached hydrogens (tertiary/aromatic N) is 1. The van der Waals surface area contributed by atoms with E-state index in [1.807, 2.05) is 70.9 Å². The third-order valence-electron chi connectivity index (χ3n) is 2.78. The van der Waals surface area contributed by atoms with Crippen LogP contribution in [0.15, 0.2) is 66.3 Å². The Hall–Kier alpha value is -2.13. The van der Waals surface area contributed by atoms with Crippen molar-refractivity contribution >= 4 is 17.1 Å². The Balaban J connectivity index is 1.90. The first kappa shape index (κ1) is 11.0. The number of thiophene rings is 1. The van der Waals surface area contributed by atoms with Gasteiger partial charge in [-0.15, -0.1) is 11.3 Å². The molecular formula is C15H11NOS. The first-order valence-electron chi connectivity index (χ1n) is 5.66. The van der Waals surface area contributed by atoms with Crippen LogP contribution < -0.4 is 0 Å². The van der Waals surface area contributed by atoms with E-state index in [1.165, 1.54) is 11.3 Å². The molecule has 0 aliphatic carbocycles. The minimum Gasteiger partial charge on any atom is -0.324 e. The Bertz CT molecular complexity index is 636. The fourth-order valence-corrected chi connectivity index (χ4v) is 2.53. The van der Waals surface area contributed by atoms with E-state index in [2.05, 4.69) is 0 Å². The fourth-order valence-electron chi connectivity index (χ4n) is 1.84. The van der Waals surface area contributed by atoms with Crippen LogP contribution in [0, 0.1) is 0 Å². The molecule has 3 aromatic rings. The molecule has 0 aliphatic rings. The first-order valence-corrected chi connectivity index (χ1v) is 6.54. The van der Waals surface area contributed by atoms with Gasteiger partial charge in [0.25, 0.3) is 0 Å². The lowest BCUT2D eigenvalue weighted by Gasteiger charge is -2.04. The van der Waals surface area contributed by atoms with Gasteiger partial charge in [-0.25, -0.2) is 0 Å². The van der Waals surface area contributed by atoms with Gasteiger partial charge in [-0.3, -0.25) is 4.79 Å². The number of carbonyl (C=O) groups is 1. The van der Waals surface area contributed by atoms with E-state index in [1.54, 1.807) is 0 Å². The summed E-state index contributed by atoms with van der Waals surface area (Å²) in [6.45, 7) is 0. The van der Waals surface area contributed by atoms with Crippen molar-refractivity contribution in [3.63, 3.8) is 0 Å². The van der Waals surface area contributed by atoms with Crippen LogP contribution >= 0.6 is 11.3 Å². The van der Waals surface area contributed by atoms with Gasteiger partial charge in [0.05, 0.1) is 4.88 Å². The van der Waals surface area contributed by atoms with Gasteiger partial charge in [0, 0.05) is 23.6 Å². The molecule has 0 bridgehead atoms. The molecule has 3 rings (SSSR count). The zero-order valence-corrected chi connectivity index (χ0v) is 10.4. The Morgan fingerprint density at radius 1 is 0.944 bits per heavy atom. The SMILES string of the molecule is O=C(c1ccc(-n2cccc2)cc1)c1cccs1. The van der Waals surface area contributed by atoms with Crippen LogP contribution in [-0.4, -0.2) is 10.4 Å². The molecule has 0 saturated carbocycles. The van der Waals surface area contributed by atoms with Gasteiger partial charge in [0.2, 0.25) is 5.78 Å². The van der Waals surface area contributed by atoms with Crippen LogP contribution in [0.4, 0.5) is 0 Å². The molecule has 0 N–H and O–H groups in total. The molecule has 0 atom stereocenters. The van der Waals surface area contributed by atoms with Crippen LogP contribution in [0.25, 0.3) is 5.69 Å². The molecule has 1 aromatic carbocycles. The van der Waals surface area contributed by atoms with Gasteiger partial charge >= 0.3 is 0 Å². The lowest BCUT2D eigenvalue weighted by atomic mass is 10.1. The van der Waals surface area contributed by atoms with Crippen molar-refractivity contribution in [2.45, 2.75) is 0 Å². The highest BCUT2D eigenvalue weighted by molar-refractivity contribution is 7.12. The summed E-state index contributed by atoms with van der Waals surface area (Å²) in [7, 11) is 0. The highest BCUT2D eigenvalue weighted by Gasteiger charge is 2.09. The van der Waals surface area contributed by atoms with Crippen molar-refractivity contribution in [2.75, 3.05) is 0 Å². The van der Waals surface area contributed by atoms with Crippen molar-refractivity contribution in [2.24, 2.45) is 0 Å². The molecule has 0 spiro atoms. The van der Waals surface area contributed by atoms with E-state index < -0.39 is 0 Å². The highest BCUT2D eigenvalue weighted by atomic mass is 32.1. The molecule has 0 radical (unpaired) electrons. The Morgan fingerprint density at radius 2 is 1.67 bits per heavy atom. The maximum absolute atomic E-state index is 12.1. The topological polar surface area (TPSA) is 22.0 Å². The molecule has 2 heterocycles. The molecule has 2 aromatic heterocycles. The number of aromatic nitrogens is 1. The standard InChI is InChI=1S/C15H11NOS/c17-15(14-4-3-11-18-14)12-5-7-13(8-6-12)16-9-1-2-10-16/h1-11H. The summed E-state index contributed by atoms with van der Waals surface area (Å²) >= 11 is 1.47. The number of hydrogen-bond donors (Lipinski definition) is 0. The smallest absolute Gasteiger partial charge is 0.202 e. The molecule has 0 amide bonds. The van der Waals surface area contributed by atoms with Crippen molar-refractivity contribution in [3.05, 3.63) is 76.7 Å². The molecule has 3 heteroatoms. The van der Waals surface area contributed by atoms with Gasteiger partial charge in [-0.2, -0.15) is 0 Å². The van der Waals surface area contributed by atoms with Crippen LogP contribution in [0.5, 0.6) is 0 Å². The van der Waals surface area contributed by atoms with Crippen molar-refractivity contribution in [1.29, 1.82) is 0 Å². The van der Waals surface area contributed by atoms with Crippen LogP contribution in [0.2, 0.25) is 0 Å². The minimum absolute atomic E-state index is 0.0871. The third-order valence-corrected chi connectivity index (χ3v) is 3.65. The zero-order chi connectivity index (χ0) is 12.4. The average molecular weight is 253 g/mol. The predicted molar refractivity (Wildman–Crippen MR) is 73.5 cm³/mol. The van der Waals surface area contributed by atoms with Gasteiger partial charge in [-0.05, 0) is 47.8 Å². The first-order chi connectivity index (χ1) is 8.84. The van der Waals surface area contributed by atoms with Gasteiger partial charge in [0.1, 0.15) is 0 Å².